The molecule has 3 aromatic heterocycles. The van der Waals surface area contributed by atoms with Crippen molar-refractivity contribution in [2.75, 3.05) is 32.5 Å². The predicted octanol–water partition coefficient (Wildman–Crippen LogP) is 2.87. The molecule has 0 unspecified atom stereocenters. The van der Waals surface area contributed by atoms with Gasteiger partial charge in [-0.05, 0) is 33.2 Å². The van der Waals surface area contributed by atoms with Gasteiger partial charge in [0.15, 0.2) is 17.2 Å². The number of anilines is 2. The van der Waals surface area contributed by atoms with Crippen LogP contribution in [0.15, 0.2) is 36.9 Å². The Kier molecular flexibility index (Phi) is 8.96. The van der Waals surface area contributed by atoms with Crippen LogP contribution in [-0.4, -0.2) is 81.0 Å². The van der Waals surface area contributed by atoms with Crippen LogP contribution >= 0.6 is 11.6 Å². The molecule has 1 aromatic carbocycles. The lowest BCUT2D eigenvalue weighted by atomic mass is 10.1. The van der Waals surface area contributed by atoms with Crippen molar-refractivity contribution in [3.8, 4) is 17.0 Å². The van der Waals surface area contributed by atoms with E-state index in [0.717, 1.165) is 6.20 Å². The fraction of sp³-hybridized carbons (Fsp3) is 0.280. The number of nitrogens with one attached hydrogen (secondary N) is 4. The van der Waals surface area contributed by atoms with Gasteiger partial charge in [-0.25, -0.2) is 9.97 Å². The minimum absolute atomic E-state index is 0.0767. The number of amides is 2. The summed E-state index contributed by atoms with van der Waals surface area (Å²) in [5.41, 5.74) is -1.03. The Morgan fingerprint density at radius 2 is 2.00 bits per heavy atom. The number of carbonyl (C=O) groups excluding carboxylic acids is 3. The first-order chi connectivity index (χ1) is 19.9. The molecule has 0 aliphatic heterocycles. The van der Waals surface area contributed by atoms with Gasteiger partial charge in [-0.1, -0.05) is 11.6 Å². The molecular weight excluding hydrogens is 583 g/mol. The molecule has 0 fully saturated rings. The molecule has 4 rings (SSSR count). The lowest BCUT2D eigenvalue weighted by Crippen LogP contribution is -2.46. The van der Waals surface area contributed by atoms with Gasteiger partial charge in [-0.2, -0.15) is 18.3 Å². The summed E-state index contributed by atoms with van der Waals surface area (Å²) in [6, 6.07) is 1.83. The molecule has 4 aromatic rings. The lowest BCUT2D eigenvalue weighted by Gasteiger charge is -2.17. The minimum atomic E-state index is -4.68. The topological polar surface area (TPSA) is 159 Å². The summed E-state index contributed by atoms with van der Waals surface area (Å²) >= 11 is 6.44. The van der Waals surface area contributed by atoms with Crippen LogP contribution < -0.4 is 20.7 Å². The van der Waals surface area contributed by atoms with Crippen LogP contribution in [0.1, 0.15) is 23.0 Å². The van der Waals surface area contributed by atoms with Crippen molar-refractivity contribution in [1.82, 2.24) is 40.1 Å². The van der Waals surface area contributed by atoms with Crippen molar-refractivity contribution < 1.29 is 32.3 Å². The first-order valence-corrected chi connectivity index (χ1v) is 12.7. The lowest BCUT2D eigenvalue weighted by molar-refractivity contribution is -0.140. The third kappa shape index (κ3) is 6.44. The van der Waals surface area contributed by atoms with E-state index < -0.39 is 29.7 Å². The van der Waals surface area contributed by atoms with Crippen LogP contribution in [0.4, 0.5) is 24.7 Å². The third-order valence-corrected chi connectivity index (χ3v) is 6.36. The van der Waals surface area contributed by atoms with Gasteiger partial charge in [-0.3, -0.25) is 23.9 Å². The van der Waals surface area contributed by atoms with Crippen LogP contribution in [0.2, 0.25) is 5.02 Å². The van der Waals surface area contributed by atoms with E-state index in [9.17, 15) is 27.6 Å². The average molecular weight is 608 g/mol. The molecule has 0 aliphatic rings. The molecule has 222 valence electrons. The molecule has 0 radical (unpaired) electrons. The standard InChI is InChI=1S/C25H25ClF3N9O4/c1-13(23(40)31-6-8-37(2)3)34-24(41)14-4-5-16(19(18(14)26)42-12-39)35-21-22-32-11-17(38(22)9-7-30-21)15-10-33-36-20(15)25(27,28)29/h4-5,7,9-13H,6,8H2,1-3H3,(H,30,35)(H,31,40)(H,33,36)(H,34,41)/t13-/m1/s1. The summed E-state index contributed by atoms with van der Waals surface area (Å²) in [6.45, 7) is 2.60. The van der Waals surface area contributed by atoms with Gasteiger partial charge in [0.1, 0.15) is 11.7 Å². The van der Waals surface area contributed by atoms with E-state index in [1.54, 1.807) is 0 Å². The Hall–Kier alpha value is -4.70. The molecule has 13 nitrogen and oxygen atoms in total. The van der Waals surface area contributed by atoms with E-state index in [1.165, 1.54) is 42.0 Å². The second-order valence-electron chi connectivity index (χ2n) is 9.20. The molecule has 0 spiro atoms. The van der Waals surface area contributed by atoms with Crippen molar-refractivity contribution >= 4 is 47.0 Å². The smallest absolute Gasteiger partial charge is 0.425 e. The number of H-pyrrole nitrogens is 1. The third-order valence-electron chi connectivity index (χ3n) is 5.99. The number of aromatic nitrogens is 5. The van der Waals surface area contributed by atoms with E-state index in [4.69, 9.17) is 16.3 Å². The first-order valence-electron chi connectivity index (χ1n) is 12.3. The molecular formula is C25H25ClF3N9O4. The minimum Gasteiger partial charge on any atom is -0.425 e. The molecule has 0 saturated heterocycles. The van der Waals surface area contributed by atoms with Crippen LogP contribution in [0.3, 0.4) is 0 Å². The number of likely N-dealkylation sites (N-methyl/N-ethyl adjacent to an activating group) is 1. The fourth-order valence-corrected chi connectivity index (χ4v) is 4.21. The van der Waals surface area contributed by atoms with Gasteiger partial charge in [0.05, 0.1) is 39.9 Å². The van der Waals surface area contributed by atoms with Gasteiger partial charge in [-0.15, -0.1) is 0 Å². The van der Waals surface area contributed by atoms with Crippen molar-refractivity contribution in [1.29, 1.82) is 0 Å². The predicted molar refractivity (Wildman–Crippen MR) is 145 cm³/mol. The van der Waals surface area contributed by atoms with Crippen molar-refractivity contribution in [2.24, 2.45) is 0 Å². The highest BCUT2D eigenvalue weighted by Gasteiger charge is 2.36. The molecule has 4 N–H and O–H groups in total. The average Bonchev–Trinajstić information content (AvgIpc) is 3.58. The maximum absolute atomic E-state index is 13.4. The molecule has 0 aliphatic carbocycles. The number of carbonyl (C=O) groups is 3. The number of imidazole rings is 1. The van der Waals surface area contributed by atoms with E-state index in [2.05, 4.69) is 31.0 Å². The number of rotatable bonds is 11. The summed E-state index contributed by atoms with van der Waals surface area (Å²) in [6.07, 6.45) is 0.320. The Morgan fingerprint density at radius 3 is 2.69 bits per heavy atom. The molecule has 17 heteroatoms. The highest BCUT2D eigenvalue weighted by atomic mass is 35.5. The number of aromatic amines is 1. The highest BCUT2D eigenvalue weighted by Crippen LogP contribution is 2.39. The summed E-state index contributed by atoms with van der Waals surface area (Å²) < 4.78 is 46.7. The Balaban J connectivity index is 1.60. The second kappa shape index (κ2) is 12.4. The van der Waals surface area contributed by atoms with Gasteiger partial charge in [0.2, 0.25) is 5.91 Å². The maximum Gasteiger partial charge on any atom is 0.433 e. The zero-order valence-electron chi connectivity index (χ0n) is 22.4. The SMILES string of the molecule is C[C@@H](NC(=O)c1ccc(Nc2nccn3c(-c4cn[nH]c4C(F)(F)F)cnc23)c(OC=O)c1Cl)C(=O)NCCN(C)C. The fourth-order valence-electron chi connectivity index (χ4n) is 3.92. The molecule has 3 heterocycles. The number of hydrogen-bond acceptors (Lipinski definition) is 9. The summed E-state index contributed by atoms with van der Waals surface area (Å²) in [4.78, 5) is 46.8. The van der Waals surface area contributed by atoms with Crippen LogP contribution in [-0.2, 0) is 15.8 Å². The maximum atomic E-state index is 13.4. The van der Waals surface area contributed by atoms with Crippen molar-refractivity contribution in [3.05, 3.63) is 53.2 Å². The largest absolute Gasteiger partial charge is 0.433 e. The zero-order chi connectivity index (χ0) is 30.6. The van der Waals surface area contributed by atoms with E-state index in [1.807, 2.05) is 24.1 Å². The van der Waals surface area contributed by atoms with E-state index >= 15 is 0 Å². The molecule has 0 bridgehead atoms. The zero-order valence-corrected chi connectivity index (χ0v) is 23.2. The number of hydrogen-bond donors (Lipinski definition) is 4. The Labute approximate surface area is 241 Å². The van der Waals surface area contributed by atoms with Gasteiger partial charge < -0.3 is 25.6 Å². The van der Waals surface area contributed by atoms with Crippen molar-refractivity contribution in [2.45, 2.75) is 19.1 Å². The number of benzene rings is 1. The van der Waals surface area contributed by atoms with Gasteiger partial charge in [0.25, 0.3) is 12.4 Å². The molecule has 2 amide bonds. The number of ether oxygens (including phenoxy) is 1. The van der Waals surface area contributed by atoms with Gasteiger partial charge >= 0.3 is 6.18 Å². The quantitative estimate of drug-likeness (QED) is 0.188. The van der Waals surface area contributed by atoms with Gasteiger partial charge in [0, 0.05) is 25.5 Å². The number of halogens is 4. The number of alkyl halides is 3. The summed E-state index contributed by atoms with van der Waals surface area (Å²) in [5.74, 6) is -1.25. The first kappa shape index (κ1) is 30.3. The van der Waals surface area contributed by atoms with E-state index in [0.29, 0.717) is 13.1 Å². The summed E-state index contributed by atoms with van der Waals surface area (Å²) in [5, 5.41) is 13.4. The second-order valence-corrected chi connectivity index (χ2v) is 9.58. The molecule has 0 saturated carbocycles. The van der Waals surface area contributed by atoms with Crippen molar-refractivity contribution in [3.63, 3.8) is 0 Å². The van der Waals surface area contributed by atoms with Crippen LogP contribution in [0.5, 0.6) is 5.75 Å². The van der Waals surface area contributed by atoms with Crippen LogP contribution in [0, 0.1) is 0 Å². The van der Waals surface area contributed by atoms with Crippen LogP contribution in [0.25, 0.3) is 16.9 Å². The number of nitrogens with zero attached hydrogens (tertiary/aromatic N) is 5. The Morgan fingerprint density at radius 1 is 1.24 bits per heavy atom. The summed E-state index contributed by atoms with van der Waals surface area (Å²) in [7, 11) is 3.71. The molecule has 1 atom stereocenters. The monoisotopic (exact) mass is 607 g/mol. The Bertz CT molecular complexity index is 1620. The normalized spacial score (nSPS) is 12.3. The molecule has 42 heavy (non-hydrogen) atoms. The highest BCUT2D eigenvalue weighted by molar-refractivity contribution is 6.36. The number of fused-ring (bicyclic) bond motifs is 1. The van der Waals surface area contributed by atoms with E-state index in [-0.39, 0.29) is 51.2 Å².